The zero-order valence-corrected chi connectivity index (χ0v) is 12.2. The molecule has 2 heterocycles. The van der Waals surface area contributed by atoms with Crippen LogP contribution >= 0.6 is 0 Å². The Hall–Kier alpha value is -0.690. The van der Waals surface area contributed by atoms with Crippen LogP contribution in [0.3, 0.4) is 0 Å². The highest BCUT2D eigenvalue weighted by molar-refractivity contribution is 5.80. The molecule has 2 aliphatic heterocycles. The third kappa shape index (κ3) is 3.91. The normalized spacial score (nSPS) is 28.0. The lowest BCUT2D eigenvalue weighted by Gasteiger charge is -2.34. The van der Waals surface area contributed by atoms with Crippen molar-refractivity contribution in [3.63, 3.8) is 0 Å². The lowest BCUT2D eigenvalue weighted by atomic mass is 9.99. The van der Waals surface area contributed by atoms with Gasteiger partial charge < -0.3 is 24.8 Å². The van der Waals surface area contributed by atoms with E-state index in [1.165, 1.54) is 0 Å². The summed E-state index contributed by atoms with van der Waals surface area (Å²) in [6.07, 6.45) is 1.88. The van der Waals surface area contributed by atoms with E-state index < -0.39 is 0 Å². The number of likely N-dealkylation sites (tertiary alicyclic amines) is 1. The molecular weight excluding hydrogens is 260 g/mol. The van der Waals surface area contributed by atoms with E-state index in [2.05, 4.69) is 5.32 Å². The van der Waals surface area contributed by atoms with Gasteiger partial charge in [0.1, 0.15) is 0 Å². The number of carbonyl (C=O) groups is 1. The number of likely N-dealkylation sites (N-methyl/N-ethyl adjacent to an activating group) is 1. The predicted octanol–water partition coefficient (Wildman–Crippen LogP) is -0.389. The summed E-state index contributed by atoms with van der Waals surface area (Å²) < 4.78 is 11.0. The van der Waals surface area contributed by atoms with Gasteiger partial charge >= 0.3 is 0 Å². The van der Waals surface area contributed by atoms with Crippen LogP contribution in [0.5, 0.6) is 0 Å². The Kier molecular flexibility index (Phi) is 6.22. The number of amides is 1. The van der Waals surface area contributed by atoms with E-state index in [1.807, 2.05) is 11.8 Å². The minimum Gasteiger partial charge on any atom is -0.394 e. The average molecular weight is 286 g/mol. The summed E-state index contributed by atoms with van der Waals surface area (Å²) in [6, 6.07) is 0.149. The molecule has 0 radical (unpaired) electrons. The zero-order chi connectivity index (χ0) is 14.4. The number of carbonyl (C=O) groups excluding carboxylic acids is 1. The largest absolute Gasteiger partial charge is 0.394 e. The summed E-state index contributed by atoms with van der Waals surface area (Å²) in [5.41, 5.74) is 0. The number of rotatable bonds is 6. The number of aliphatic hydroxyl groups excluding tert-OH is 1. The zero-order valence-electron chi connectivity index (χ0n) is 12.2. The van der Waals surface area contributed by atoms with E-state index in [0.717, 1.165) is 32.5 Å². The molecule has 0 aliphatic carbocycles. The SMILES string of the molecule is CCNC1COCC1C(=O)N1CCC(OCCO)CC1. The highest BCUT2D eigenvalue weighted by Gasteiger charge is 2.37. The van der Waals surface area contributed by atoms with E-state index in [9.17, 15) is 4.79 Å². The fourth-order valence-electron chi connectivity index (χ4n) is 2.96. The molecule has 2 fully saturated rings. The first-order valence-electron chi connectivity index (χ1n) is 7.58. The first kappa shape index (κ1) is 15.7. The number of ether oxygens (including phenoxy) is 2. The number of nitrogens with one attached hydrogen (secondary N) is 1. The Labute approximate surface area is 120 Å². The molecule has 0 spiro atoms. The highest BCUT2D eigenvalue weighted by Crippen LogP contribution is 2.21. The Morgan fingerprint density at radius 1 is 1.40 bits per heavy atom. The quantitative estimate of drug-likeness (QED) is 0.696. The molecule has 20 heavy (non-hydrogen) atoms. The van der Waals surface area contributed by atoms with Gasteiger partial charge in [-0.1, -0.05) is 6.92 Å². The van der Waals surface area contributed by atoms with Crippen molar-refractivity contribution in [2.24, 2.45) is 5.92 Å². The van der Waals surface area contributed by atoms with Crippen LogP contribution in [0.25, 0.3) is 0 Å². The molecule has 2 saturated heterocycles. The summed E-state index contributed by atoms with van der Waals surface area (Å²) in [5.74, 6) is 0.152. The lowest BCUT2D eigenvalue weighted by Crippen LogP contribution is -2.49. The monoisotopic (exact) mass is 286 g/mol. The Bertz CT molecular complexity index is 306. The van der Waals surface area contributed by atoms with E-state index >= 15 is 0 Å². The average Bonchev–Trinajstić information content (AvgIpc) is 2.93. The maximum absolute atomic E-state index is 12.5. The molecule has 0 aromatic rings. The van der Waals surface area contributed by atoms with E-state index in [4.69, 9.17) is 14.6 Å². The summed E-state index contributed by atoms with van der Waals surface area (Å²) >= 11 is 0. The molecule has 2 aliphatic rings. The first-order chi connectivity index (χ1) is 9.76. The van der Waals surface area contributed by atoms with Gasteiger partial charge in [0.25, 0.3) is 0 Å². The van der Waals surface area contributed by atoms with Crippen molar-refractivity contribution in [1.82, 2.24) is 10.2 Å². The molecule has 0 saturated carbocycles. The summed E-state index contributed by atoms with van der Waals surface area (Å²) in [5, 5.41) is 12.1. The van der Waals surface area contributed by atoms with Crippen LogP contribution in [0.4, 0.5) is 0 Å². The molecule has 2 unspecified atom stereocenters. The second kappa shape index (κ2) is 7.93. The molecule has 0 bridgehead atoms. The maximum atomic E-state index is 12.5. The van der Waals surface area contributed by atoms with Crippen molar-refractivity contribution in [3.05, 3.63) is 0 Å². The van der Waals surface area contributed by atoms with Gasteiger partial charge in [0.05, 0.1) is 38.4 Å². The van der Waals surface area contributed by atoms with Crippen molar-refractivity contribution < 1.29 is 19.4 Å². The van der Waals surface area contributed by atoms with Crippen LogP contribution in [-0.4, -0.2) is 74.1 Å². The Balaban J connectivity index is 1.79. The van der Waals surface area contributed by atoms with Gasteiger partial charge in [-0.25, -0.2) is 0 Å². The van der Waals surface area contributed by atoms with Crippen molar-refractivity contribution in [3.8, 4) is 0 Å². The number of hydrogen-bond acceptors (Lipinski definition) is 5. The molecule has 116 valence electrons. The molecular formula is C14H26N2O4. The van der Waals surface area contributed by atoms with E-state index in [0.29, 0.717) is 19.8 Å². The summed E-state index contributed by atoms with van der Waals surface area (Å²) in [4.78, 5) is 14.5. The number of piperidine rings is 1. The lowest BCUT2D eigenvalue weighted by molar-refractivity contribution is -0.138. The minimum atomic E-state index is -0.0511. The second-order valence-corrected chi connectivity index (χ2v) is 5.43. The Morgan fingerprint density at radius 3 is 2.80 bits per heavy atom. The second-order valence-electron chi connectivity index (χ2n) is 5.43. The number of aliphatic hydroxyl groups is 1. The molecule has 1 amide bonds. The van der Waals surface area contributed by atoms with E-state index in [1.54, 1.807) is 0 Å². The third-order valence-corrected chi connectivity index (χ3v) is 4.06. The minimum absolute atomic E-state index is 0.0511. The van der Waals surface area contributed by atoms with Gasteiger partial charge in [0, 0.05) is 19.1 Å². The van der Waals surface area contributed by atoms with Gasteiger partial charge in [0.15, 0.2) is 0 Å². The van der Waals surface area contributed by atoms with E-state index in [-0.39, 0.29) is 30.6 Å². The fraction of sp³-hybridized carbons (Fsp3) is 0.929. The molecule has 0 aromatic heterocycles. The molecule has 2 rings (SSSR count). The molecule has 6 heteroatoms. The van der Waals surface area contributed by atoms with Crippen LogP contribution in [0.2, 0.25) is 0 Å². The van der Waals surface area contributed by atoms with Crippen LogP contribution < -0.4 is 5.32 Å². The van der Waals surface area contributed by atoms with Gasteiger partial charge in [-0.05, 0) is 19.4 Å². The van der Waals surface area contributed by atoms with Gasteiger partial charge in [-0.15, -0.1) is 0 Å². The van der Waals surface area contributed by atoms with Crippen LogP contribution in [0, 0.1) is 5.92 Å². The van der Waals surface area contributed by atoms with Crippen molar-refractivity contribution in [2.75, 3.05) is 46.1 Å². The van der Waals surface area contributed by atoms with Crippen LogP contribution in [-0.2, 0) is 14.3 Å². The van der Waals surface area contributed by atoms with Gasteiger partial charge in [0.2, 0.25) is 5.91 Å². The number of hydrogen-bond donors (Lipinski definition) is 2. The number of nitrogens with zero attached hydrogens (tertiary/aromatic N) is 1. The van der Waals surface area contributed by atoms with Crippen molar-refractivity contribution >= 4 is 5.91 Å². The van der Waals surface area contributed by atoms with Gasteiger partial charge in [-0.3, -0.25) is 4.79 Å². The van der Waals surface area contributed by atoms with Gasteiger partial charge in [-0.2, -0.15) is 0 Å². The molecule has 6 nitrogen and oxygen atoms in total. The summed E-state index contributed by atoms with van der Waals surface area (Å²) in [6.45, 7) is 5.98. The predicted molar refractivity (Wildman–Crippen MR) is 74.4 cm³/mol. The summed E-state index contributed by atoms with van der Waals surface area (Å²) in [7, 11) is 0. The third-order valence-electron chi connectivity index (χ3n) is 4.06. The molecule has 0 aromatic carbocycles. The van der Waals surface area contributed by atoms with Crippen molar-refractivity contribution in [1.29, 1.82) is 0 Å². The van der Waals surface area contributed by atoms with Crippen LogP contribution in [0.15, 0.2) is 0 Å². The van der Waals surface area contributed by atoms with Crippen molar-refractivity contribution in [2.45, 2.75) is 31.9 Å². The molecule has 2 atom stereocenters. The van der Waals surface area contributed by atoms with Crippen LogP contribution in [0.1, 0.15) is 19.8 Å². The topological polar surface area (TPSA) is 71.0 Å². The fourth-order valence-corrected chi connectivity index (χ4v) is 2.96. The standard InChI is InChI=1S/C14H26N2O4/c1-2-15-13-10-19-9-12(13)14(18)16-5-3-11(4-6-16)20-8-7-17/h11-13,15,17H,2-10H2,1H3. The molecule has 2 N–H and O–H groups in total. The first-order valence-corrected chi connectivity index (χ1v) is 7.58. The highest BCUT2D eigenvalue weighted by atomic mass is 16.5. The smallest absolute Gasteiger partial charge is 0.229 e. The maximum Gasteiger partial charge on any atom is 0.229 e. The Morgan fingerprint density at radius 2 is 2.15 bits per heavy atom.